The lowest BCUT2D eigenvalue weighted by atomic mass is 10.2. The van der Waals surface area contributed by atoms with Crippen LogP contribution in [0.5, 0.6) is 0 Å². The molecular formula is C14H13ClN2O3. The number of fused-ring (bicyclic) bond motifs is 1. The molecule has 3 rings (SSSR count). The summed E-state index contributed by atoms with van der Waals surface area (Å²) in [6, 6.07) is 7.14. The van der Waals surface area contributed by atoms with Gasteiger partial charge >= 0.3 is 0 Å². The van der Waals surface area contributed by atoms with E-state index < -0.39 is 0 Å². The van der Waals surface area contributed by atoms with E-state index in [1.165, 1.54) is 0 Å². The second kappa shape index (κ2) is 5.64. The van der Waals surface area contributed by atoms with Crippen molar-refractivity contribution >= 4 is 22.7 Å². The van der Waals surface area contributed by atoms with Gasteiger partial charge in [0.05, 0.1) is 0 Å². The molecule has 2 aromatic heterocycles. The maximum Gasteiger partial charge on any atom is 0.249 e. The molecule has 0 fully saturated rings. The number of benzene rings is 1. The summed E-state index contributed by atoms with van der Waals surface area (Å²) < 4.78 is 15.9. The largest absolute Gasteiger partial charge is 0.435 e. The Labute approximate surface area is 120 Å². The molecule has 0 atom stereocenters. The first-order chi connectivity index (χ1) is 9.76. The smallest absolute Gasteiger partial charge is 0.249 e. The highest BCUT2D eigenvalue weighted by atomic mass is 35.5. The molecule has 0 N–H and O–H groups in total. The SMILES string of the molecule is COCCCc1cc(-c2nc3cc(Cl)ccc3o2)no1. The Balaban J connectivity index is 1.83. The van der Waals surface area contributed by atoms with Gasteiger partial charge in [0.25, 0.3) is 0 Å². The minimum Gasteiger partial charge on any atom is -0.435 e. The van der Waals surface area contributed by atoms with Gasteiger partial charge in [-0.2, -0.15) is 0 Å². The van der Waals surface area contributed by atoms with E-state index in [1.807, 2.05) is 6.07 Å². The Morgan fingerprint density at radius 2 is 2.20 bits per heavy atom. The van der Waals surface area contributed by atoms with Crippen molar-refractivity contribution in [3.63, 3.8) is 0 Å². The van der Waals surface area contributed by atoms with Crippen LogP contribution in [0.4, 0.5) is 0 Å². The number of ether oxygens (including phenoxy) is 1. The van der Waals surface area contributed by atoms with Gasteiger partial charge in [-0.3, -0.25) is 0 Å². The second-order valence-corrected chi connectivity index (χ2v) is 4.84. The van der Waals surface area contributed by atoms with Gasteiger partial charge < -0.3 is 13.7 Å². The van der Waals surface area contributed by atoms with Gasteiger partial charge in [-0.25, -0.2) is 4.98 Å². The number of nitrogens with zero attached hydrogens (tertiary/aromatic N) is 2. The summed E-state index contributed by atoms with van der Waals surface area (Å²) in [6.07, 6.45) is 1.65. The Kier molecular flexibility index (Phi) is 3.71. The van der Waals surface area contributed by atoms with Gasteiger partial charge in [-0.05, 0) is 24.6 Å². The zero-order chi connectivity index (χ0) is 13.9. The van der Waals surface area contributed by atoms with Crippen LogP contribution in [0.3, 0.4) is 0 Å². The van der Waals surface area contributed by atoms with Crippen LogP contribution in [0.15, 0.2) is 33.2 Å². The normalized spacial score (nSPS) is 11.3. The molecule has 0 aliphatic heterocycles. The zero-order valence-electron chi connectivity index (χ0n) is 10.9. The minimum atomic E-state index is 0.434. The van der Waals surface area contributed by atoms with Crippen molar-refractivity contribution in [1.29, 1.82) is 0 Å². The average Bonchev–Trinajstić information content (AvgIpc) is 3.04. The third-order valence-electron chi connectivity index (χ3n) is 2.90. The number of aryl methyl sites for hydroxylation is 1. The van der Waals surface area contributed by atoms with Gasteiger partial charge in [0.1, 0.15) is 11.3 Å². The molecule has 5 nitrogen and oxygen atoms in total. The molecule has 0 amide bonds. The topological polar surface area (TPSA) is 61.3 Å². The standard InChI is InChI=1S/C14H13ClN2O3/c1-18-6-2-3-10-8-12(17-20-10)14-16-11-7-9(15)4-5-13(11)19-14/h4-5,7-8H,2-3,6H2,1H3. The van der Waals surface area contributed by atoms with Gasteiger partial charge in [0.15, 0.2) is 11.3 Å². The molecular weight excluding hydrogens is 280 g/mol. The Hall–Kier alpha value is -1.85. The Morgan fingerprint density at radius 3 is 3.05 bits per heavy atom. The molecule has 0 aliphatic rings. The molecule has 104 valence electrons. The van der Waals surface area contributed by atoms with Crippen LogP contribution in [-0.4, -0.2) is 23.9 Å². The first-order valence-electron chi connectivity index (χ1n) is 6.27. The third-order valence-corrected chi connectivity index (χ3v) is 3.13. The van der Waals surface area contributed by atoms with Gasteiger partial charge in [0, 0.05) is 31.2 Å². The first kappa shape index (κ1) is 13.1. The summed E-state index contributed by atoms with van der Waals surface area (Å²) in [5.74, 6) is 1.22. The predicted octanol–water partition coefficient (Wildman–Crippen LogP) is 3.72. The highest BCUT2D eigenvalue weighted by molar-refractivity contribution is 6.31. The van der Waals surface area contributed by atoms with Crippen molar-refractivity contribution in [2.75, 3.05) is 13.7 Å². The lowest BCUT2D eigenvalue weighted by Crippen LogP contribution is -1.90. The van der Waals surface area contributed by atoms with Crippen LogP contribution in [-0.2, 0) is 11.2 Å². The van der Waals surface area contributed by atoms with Crippen LogP contribution in [0.2, 0.25) is 5.02 Å². The molecule has 2 heterocycles. The minimum absolute atomic E-state index is 0.434. The van der Waals surface area contributed by atoms with Crippen LogP contribution in [0, 0.1) is 0 Å². The summed E-state index contributed by atoms with van der Waals surface area (Å²) in [5, 5.41) is 4.60. The number of hydrogen-bond donors (Lipinski definition) is 0. The number of hydrogen-bond acceptors (Lipinski definition) is 5. The molecule has 0 radical (unpaired) electrons. The molecule has 0 saturated heterocycles. The monoisotopic (exact) mass is 292 g/mol. The summed E-state index contributed by atoms with van der Waals surface area (Å²) in [6.45, 7) is 0.692. The van der Waals surface area contributed by atoms with Crippen molar-refractivity contribution in [1.82, 2.24) is 10.1 Å². The average molecular weight is 293 g/mol. The van der Waals surface area contributed by atoms with Crippen LogP contribution < -0.4 is 0 Å². The van der Waals surface area contributed by atoms with Crippen molar-refractivity contribution in [3.8, 4) is 11.6 Å². The Bertz CT molecular complexity index is 720. The summed E-state index contributed by atoms with van der Waals surface area (Å²) >= 11 is 5.92. The van der Waals surface area contributed by atoms with Gasteiger partial charge in [-0.1, -0.05) is 16.8 Å². The highest BCUT2D eigenvalue weighted by Gasteiger charge is 2.13. The maximum absolute atomic E-state index is 5.92. The fraction of sp³-hybridized carbons (Fsp3) is 0.286. The number of oxazole rings is 1. The molecule has 0 aliphatic carbocycles. The van der Waals surface area contributed by atoms with Gasteiger partial charge in [-0.15, -0.1) is 0 Å². The fourth-order valence-corrected chi connectivity index (χ4v) is 2.10. The summed E-state index contributed by atoms with van der Waals surface area (Å²) in [5.41, 5.74) is 1.97. The quantitative estimate of drug-likeness (QED) is 0.671. The molecule has 0 bridgehead atoms. The van der Waals surface area contributed by atoms with E-state index in [0.717, 1.165) is 18.6 Å². The number of rotatable bonds is 5. The van der Waals surface area contributed by atoms with Crippen LogP contribution in [0.25, 0.3) is 22.7 Å². The van der Waals surface area contributed by atoms with E-state index in [4.69, 9.17) is 25.3 Å². The van der Waals surface area contributed by atoms with Crippen LogP contribution >= 0.6 is 11.6 Å². The van der Waals surface area contributed by atoms with Crippen molar-refractivity contribution in [3.05, 3.63) is 35.0 Å². The van der Waals surface area contributed by atoms with Crippen LogP contribution in [0.1, 0.15) is 12.2 Å². The van der Waals surface area contributed by atoms with Crippen molar-refractivity contribution < 1.29 is 13.7 Å². The van der Waals surface area contributed by atoms with E-state index in [0.29, 0.717) is 34.3 Å². The van der Waals surface area contributed by atoms with Crippen molar-refractivity contribution in [2.24, 2.45) is 0 Å². The predicted molar refractivity (Wildman–Crippen MR) is 74.7 cm³/mol. The molecule has 1 aromatic carbocycles. The van der Waals surface area contributed by atoms with E-state index in [-0.39, 0.29) is 0 Å². The zero-order valence-corrected chi connectivity index (χ0v) is 11.7. The molecule has 0 unspecified atom stereocenters. The molecule has 6 heteroatoms. The third kappa shape index (κ3) is 2.69. The first-order valence-corrected chi connectivity index (χ1v) is 6.65. The van der Waals surface area contributed by atoms with E-state index in [2.05, 4.69) is 10.1 Å². The molecule has 20 heavy (non-hydrogen) atoms. The van der Waals surface area contributed by atoms with E-state index >= 15 is 0 Å². The lowest BCUT2D eigenvalue weighted by molar-refractivity contribution is 0.192. The second-order valence-electron chi connectivity index (χ2n) is 4.41. The molecule has 3 aromatic rings. The number of methoxy groups -OCH3 is 1. The summed E-state index contributed by atoms with van der Waals surface area (Å²) in [7, 11) is 1.68. The van der Waals surface area contributed by atoms with E-state index in [1.54, 1.807) is 25.3 Å². The number of halogens is 1. The number of aromatic nitrogens is 2. The molecule has 0 saturated carbocycles. The van der Waals surface area contributed by atoms with Crippen molar-refractivity contribution in [2.45, 2.75) is 12.8 Å². The van der Waals surface area contributed by atoms with E-state index in [9.17, 15) is 0 Å². The highest BCUT2D eigenvalue weighted by Crippen LogP contribution is 2.26. The summed E-state index contributed by atoms with van der Waals surface area (Å²) in [4.78, 5) is 4.36. The lowest BCUT2D eigenvalue weighted by Gasteiger charge is -1.93. The van der Waals surface area contributed by atoms with Gasteiger partial charge in [0.2, 0.25) is 5.89 Å². The maximum atomic E-state index is 5.92. The molecule has 0 spiro atoms. The Morgan fingerprint density at radius 1 is 1.30 bits per heavy atom. The fourth-order valence-electron chi connectivity index (χ4n) is 1.93.